The minimum atomic E-state index is -0.202. The molecule has 5 nitrogen and oxygen atoms in total. The van der Waals surface area contributed by atoms with Crippen molar-refractivity contribution in [1.29, 1.82) is 0 Å². The van der Waals surface area contributed by atoms with E-state index in [0.29, 0.717) is 16.8 Å². The lowest BCUT2D eigenvalue weighted by Gasteiger charge is -2.04. The van der Waals surface area contributed by atoms with E-state index in [1.807, 2.05) is 62.5 Å². The predicted molar refractivity (Wildman–Crippen MR) is 97.1 cm³/mol. The number of aromatic nitrogens is 2. The van der Waals surface area contributed by atoms with Crippen LogP contribution in [0, 0.1) is 13.8 Å². The van der Waals surface area contributed by atoms with Crippen molar-refractivity contribution < 1.29 is 9.21 Å². The monoisotopic (exact) mass is 331 g/mol. The molecule has 2 heterocycles. The van der Waals surface area contributed by atoms with Crippen LogP contribution in [-0.2, 0) is 0 Å². The van der Waals surface area contributed by atoms with Crippen LogP contribution in [-0.4, -0.2) is 15.6 Å². The quantitative estimate of drug-likeness (QED) is 0.575. The molecule has 0 aliphatic carbocycles. The number of furan rings is 1. The Labute approximate surface area is 144 Å². The van der Waals surface area contributed by atoms with Crippen molar-refractivity contribution in [3.8, 4) is 5.69 Å². The summed E-state index contributed by atoms with van der Waals surface area (Å²) in [6.45, 7) is 3.91. The van der Waals surface area contributed by atoms with E-state index in [2.05, 4.69) is 5.10 Å². The van der Waals surface area contributed by atoms with Gasteiger partial charge in [-0.25, -0.2) is 4.68 Å². The number of ketones is 1. The van der Waals surface area contributed by atoms with Gasteiger partial charge in [0.1, 0.15) is 5.58 Å². The second kappa shape index (κ2) is 5.63. The number of aryl methyl sites for hydroxylation is 2. The Bertz CT molecular complexity index is 1090. The van der Waals surface area contributed by atoms with Crippen molar-refractivity contribution in [1.82, 2.24) is 9.78 Å². The molecule has 0 saturated carbocycles. The molecule has 0 fully saturated rings. The van der Waals surface area contributed by atoms with Crippen LogP contribution in [0.15, 0.2) is 59.3 Å². The Morgan fingerprint density at radius 2 is 2.00 bits per heavy atom. The number of anilines is 1. The molecular formula is C20H17N3O2. The van der Waals surface area contributed by atoms with Gasteiger partial charge in [-0.05, 0) is 37.6 Å². The molecule has 0 spiro atoms. The van der Waals surface area contributed by atoms with Gasteiger partial charge < -0.3 is 10.2 Å². The fraction of sp³-hybridized carbons (Fsp3) is 0.100. The van der Waals surface area contributed by atoms with Crippen molar-refractivity contribution >= 4 is 22.4 Å². The second-order valence-electron chi connectivity index (χ2n) is 6.12. The highest BCUT2D eigenvalue weighted by atomic mass is 16.3. The third kappa shape index (κ3) is 2.50. The first-order chi connectivity index (χ1) is 12.0. The Kier molecular flexibility index (Phi) is 3.42. The fourth-order valence-corrected chi connectivity index (χ4v) is 3.03. The molecule has 5 heteroatoms. The summed E-state index contributed by atoms with van der Waals surface area (Å²) in [5.41, 5.74) is 10.6. The summed E-state index contributed by atoms with van der Waals surface area (Å²) in [5, 5.41) is 4.93. The van der Waals surface area contributed by atoms with Gasteiger partial charge in [-0.15, -0.1) is 0 Å². The number of nitrogens with two attached hydrogens (primary N) is 1. The predicted octanol–water partition coefficient (Wildman–Crippen LogP) is 4.05. The van der Waals surface area contributed by atoms with Crippen molar-refractivity contribution in [2.45, 2.75) is 13.8 Å². The molecule has 4 rings (SSSR count). The topological polar surface area (TPSA) is 74.0 Å². The van der Waals surface area contributed by atoms with Crippen LogP contribution in [0.4, 0.5) is 5.69 Å². The van der Waals surface area contributed by atoms with E-state index in [9.17, 15) is 4.79 Å². The Hall–Kier alpha value is -3.34. The van der Waals surface area contributed by atoms with E-state index in [0.717, 1.165) is 22.2 Å². The molecule has 2 N–H and O–H groups in total. The van der Waals surface area contributed by atoms with Crippen LogP contribution < -0.4 is 5.73 Å². The lowest BCUT2D eigenvalue weighted by molar-refractivity contribution is 0.101. The summed E-state index contributed by atoms with van der Waals surface area (Å²) in [4.78, 5) is 12.9. The van der Waals surface area contributed by atoms with Gasteiger partial charge in [0.15, 0.2) is 5.76 Å². The molecule has 124 valence electrons. The van der Waals surface area contributed by atoms with E-state index in [1.54, 1.807) is 10.9 Å². The van der Waals surface area contributed by atoms with Gasteiger partial charge in [0.25, 0.3) is 0 Å². The molecule has 0 aliphatic rings. The van der Waals surface area contributed by atoms with E-state index < -0.39 is 0 Å². The normalized spacial score (nSPS) is 11.1. The van der Waals surface area contributed by atoms with Crippen LogP contribution in [0.25, 0.3) is 16.7 Å². The number of fused-ring (bicyclic) bond motifs is 1. The molecule has 2 aromatic carbocycles. The first kappa shape index (κ1) is 15.2. The molecule has 0 atom stereocenters. The minimum Gasteiger partial charge on any atom is -0.450 e. The standard InChI is InChI=1S/C20H17N3O2/c1-12-4-6-15(13(2)10-12)19(24)20-18(21)16-7-5-14(11-17(16)25-20)23-9-3-8-22-23/h3-11H,21H2,1-2H3. The summed E-state index contributed by atoms with van der Waals surface area (Å²) in [7, 11) is 0. The molecule has 25 heavy (non-hydrogen) atoms. The molecule has 0 saturated heterocycles. The van der Waals surface area contributed by atoms with Gasteiger partial charge >= 0.3 is 0 Å². The zero-order valence-electron chi connectivity index (χ0n) is 14.0. The Morgan fingerprint density at radius 1 is 1.16 bits per heavy atom. The van der Waals surface area contributed by atoms with Crippen LogP contribution in [0.2, 0.25) is 0 Å². The van der Waals surface area contributed by atoms with Gasteiger partial charge in [-0.1, -0.05) is 23.8 Å². The molecule has 0 radical (unpaired) electrons. The maximum atomic E-state index is 12.9. The second-order valence-corrected chi connectivity index (χ2v) is 6.12. The largest absolute Gasteiger partial charge is 0.450 e. The van der Waals surface area contributed by atoms with Gasteiger partial charge in [0.2, 0.25) is 5.78 Å². The van der Waals surface area contributed by atoms with Gasteiger partial charge in [0.05, 0.1) is 11.4 Å². The van der Waals surface area contributed by atoms with Gasteiger partial charge in [0, 0.05) is 29.4 Å². The Balaban J connectivity index is 1.82. The molecular weight excluding hydrogens is 314 g/mol. The number of hydrogen-bond acceptors (Lipinski definition) is 4. The number of rotatable bonds is 3. The molecule has 0 amide bonds. The number of hydrogen-bond donors (Lipinski definition) is 1. The van der Waals surface area contributed by atoms with Crippen LogP contribution in [0.3, 0.4) is 0 Å². The minimum absolute atomic E-state index is 0.180. The van der Waals surface area contributed by atoms with Gasteiger partial charge in [-0.3, -0.25) is 4.79 Å². The molecule has 4 aromatic rings. The highest BCUT2D eigenvalue weighted by Crippen LogP contribution is 2.32. The van der Waals surface area contributed by atoms with Crippen LogP contribution >= 0.6 is 0 Å². The van der Waals surface area contributed by atoms with Crippen molar-refractivity contribution in [2.75, 3.05) is 5.73 Å². The summed E-state index contributed by atoms with van der Waals surface area (Å²) in [6.07, 6.45) is 3.55. The molecule has 0 unspecified atom stereocenters. The maximum Gasteiger partial charge on any atom is 0.230 e. The zero-order valence-corrected chi connectivity index (χ0v) is 14.0. The summed E-state index contributed by atoms with van der Waals surface area (Å²) in [6, 6.07) is 13.1. The lowest BCUT2D eigenvalue weighted by atomic mass is 10.0. The summed E-state index contributed by atoms with van der Waals surface area (Å²) in [5.74, 6) is -0.0218. The summed E-state index contributed by atoms with van der Waals surface area (Å²) >= 11 is 0. The number of nitrogens with zero attached hydrogens (tertiary/aromatic N) is 2. The SMILES string of the molecule is Cc1ccc(C(=O)c2oc3cc(-n4cccn4)ccc3c2N)c(C)c1. The Morgan fingerprint density at radius 3 is 2.72 bits per heavy atom. The van der Waals surface area contributed by atoms with E-state index >= 15 is 0 Å². The highest BCUT2D eigenvalue weighted by molar-refractivity contribution is 6.15. The zero-order chi connectivity index (χ0) is 17.6. The van der Waals surface area contributed by atoms with Crippen molar-refractivity contribution in [3.63, 3.8) is 0 Å². The first-order valence-corrected chi connectivity index (χ1v) is 7.98. The number of nitrogen functional groups attached to an aromatic ring is 1. The third-order valence-electron chi connectivity index (χ3n) is 4.31. The molecule has 0 aliphatic heterocycles. The van der Waals surface area contributed by atoms with E-state index in [-0.39, 0.29) is 11.5 Å². The fourth-order valence-electron chi connectivity index (χ4n) is 3.03. The van der Waals surface area contributed by atoms with Crippen LogP contribution in [0.5, 0.6) is 0 Å². The van der Waals surface area contributed by atoms with E-state index in [4.69, 9.17) is 10.2 Å². The molecule has 2 aromatic heterocycles. The number of carbonyl (C=O) groups excluding carboxylic acids is 1. The van der Waals surface area contributed by atoms with E-state index in [1.165, 1.54) is 0 Å². The average Bonchev–Trinajstić information content (AvgIpc) is 3.22. The van der Waals surface area contributed by atoms with Crippen LogP contribution in [0.1, 0.15) is 27.2 Å². The third-order valence-corrected chi connectivity index (χ3v) is 4.31. The summed E-state index contributed by atoms with van der Waals surface area (Å²) < 4.78 is 7.55. The maximum absolute atomic E-state index is 12.9. The molecule has 0 bridgehead atoms. The average molecular weight is 331 g/mol. The number of benzene rings is 2. The smallest absolute Gasteiger partial charge is 0.230 e. The highest BCUT2D eigenvalue weighted by Gasteiger charge is 2.21. The number of carbonyl (C=O) groups is 1. The van der Waals surface area contributed by atoms with Crippen molar-refractivity contribution in [2.24, 2.45) is 0 Å². The van der Waals surface area contributed by atoms with Crippen molar-refractivity contribution in [3.05, 3.63) is 77.3 Å². The first-order valence-electron chi connectivity index (χ1n) is 7.98. The lowest BCUT2D eigenvalue weighted by Crippen LogP contribution is -2.05. The van der Waals surface area contributed by atoms with Gasteiger partial charge in [-0.2, -0.15) is 5.10 Å².